The minimum atomic E-state index is -0.378. The topological polar surface area (TPSA) is 114 Å². The van der Waals surface area contributed by atoms with Crippen LogP contribution < -0.4 is 10.6 Å². The largest absolute Gasteiger partial charge is 0.369 e. The lowest BCUT2D eigenvalue weighted by molar-refractivity contribution is -0.122. The van der Waals surface area contributed by atoms with Gasteiger partial charge >= 0.3 is 0 Å². The Hall–Kier alpha value is -2.55. The van der Waals surface area contributed by atoms with Gasteiger partial charge in [-0.25, -0.2) is 4.98 Å². The predicted octanol–water partition coefficient (Wildman–Crippen LogP) is -0.755. The van der Waals surface area contributed by atoms with E-state index in [0.717, 1.165) is 0 Å². The fraction of sp³-hybridized carbons (Fsp3) is 0.588. The van der Waals surface area contributed by atoms with Crippen LogP contribution in [0.15, 0.2) is 18.6 Å². The maximum absolute atomic E-state index is 12.3. The van der Waals surface area contributed by atoms with Gasteiger partial charge in [-0.3, -0.25) is 19.4 Å². The van der Waals surface area contributed by atoms with E-state index >= 15 is 0 Å². The summed E-state index contributed by atoms with van der Waals surface area (Å²) in [5.41, 5.74) is -0.0546. The van der Waals surface area contributed by atoms with E-state index in [0.29, 0.717) is 51.1 Å². The molecular formula is C17H21N5O4. The van der Waals surface area contributed by atoms with Crippen molar-refractivity contribution >= 4 is 17.7 Å². The van der Waals surface area contributed by atoms with Crippen LogP contribution in [-0.4, -0.2) is 70.0 Å². The van der Waals surface area contributed by atoms with Gasteiger partial charge in [0.15, 0.2) is 0 Å². The van der Waals surface area contributed by atoms with E-state index in [1.807, 2.05) is 0 Å². The fourth-order valence-corrected chi connectivity index (χ4v) is 3.86. The number of hydrogen-bond donors (Lipinski definition) is 2. The van der Waals surface area contributed by atoms with Gasteiger partial charge in [0.05, 0.1) is 31.9 Å². The summed E-state index contributed by atoms with van der Waals surface area (Å²) < 4.78 is 5.88. The van der Waals surface area contributed by atoms with Gasteiger partial charge in [-0.15, -0.1) is 0 Å². The lowest BCUT2D eigenvalue weighted by atomic mass is 9.89. The van der Waals surface area contributed by atoms with E-state index in [-0.39, 0.29) is 35.4 Å². The van der Waals surface area contributed by atoms with Gasteiger partial charge in [-0.2, -0.15) is 0 Å². The monoisotopic (exact) mass is 359 g/mol. The molecular weight excluding hydrogens is 338 g/mol. The molecule has 0 saturated carbocycles. The molecule has 1 aromatic rings. The van der Waals surface area contributed by atoms with Crippen molar-refractivity contribution in [3.05, 3.63) is 24.3 Å². The van der Waals surface area contributed by atoms with Crippen molar-refractivity contribution in [3.8, 4) is 0 Å². The average molecular weight is 359 g/mol. The van der Waals surface area contributed by atoms with E-state index in [9.17, 15) is 14.4 Å². The summed E-state index contributed by atoms with van der Waals surface area (Å²) in [7, 11) is 0. The van der Waals surface area contributed by atoms with Crippen LogP contribution in [0.1, 0.15) is 36.2 Å². The van der Waals surface area contributed by atoms with Crippen molar-refractivity contribution in [3.63, 3.8) is 0 Å². The zero-order valence-corrected chi connectivity index (χ0v) is 14.3. The summed E-state index contributed by atoms with van der Waals surface area (Å²) in [5.74, 6) is -0.222. The molecule has 3 saturated heterocycles. The van der Waals surface area contributed by atoms with E-state index < -0.39 is 0 Å². The molecule has 0 bridgehead atoms. The number of rotatable bonds is 4. The predicted molar refractivity (Wildman–Crippen MR) is 88.9 cm³/mol. The molecule has 138 valence electrons. The van der Waals surface area contributed by atoms with Crippen molar-refractivity contribution in [2.45, 2.75) is 43.4 Å². The molecule has 1 aromatic heterocycles. The zero-order valence-electron chi connectivity index (χ0n) is 14.3. The number of nitrogens with zero attached hydrogens (tertiary/aromatic N) is 3. The molecule has 26 heavy (non-hydrogen) atoms. The van der Waals surface area contributed by atoms with E-state index in [1.165, 1.54) is 18.6 Å². The summed E-state index contributed by atoms with van der Waals surface area (Å²) in [6.07, 6.45) is 6.65. The molecule has 3 amide bonds. The van der Waals surface area contributed by atoms with Crippen LogP contribution in [0.4, 0.5) is 0 Å². The van der Waals surface area contributed by atoms with E-state index in [2.05, 4.69) is 20.6 Å². The molecule has 4 rings (SSSR count). The van der Waals surface area contributed by atoms with Crippen LogP contribution in [-0.2, 0) is 14.3 Å². The summed E-state index contributed by atoms with van der Waals surface area (Å²) in [6.45, 7) is 1.43. The summed E-state index contributed by atoms with van der Waals surface area (Å²) >= 11 is 0. The molecule has 2 unspecified atom stereocenters. The summed E-state index contributed by atoms with van der Waals surface area (Å²) in [4.78, 5) is 45.3. The standard InChI is InChI=1S/C17H21N5O4/c23-14-2-1-11(20-14)5-15(24)21-12-6-17(26-8-12)9-22(10-17)16(25)13-7-18-3-4-19-13/h3-4,7,11-12H,1-2,5-6,8-10H2,(H,20,23)(H,21,24). The van der Waals surface area contributed by atoms with Crippen LogP contribution in [0.3, 0.4) is 0 Å². The van der Waals surface area contributed by atoms with Gasteiger partial charge in [0, 0.05) is 37.7 Å². The maximum Gasteiger partial charge on any atom is 0.274 e. The third kappa shape index (κ3) is 3.39. The highest BCUT2D eigenvalue weighted by atomic mass is 16.5. The highest BCUT2D eigenvalue weighted by Crippen LogP contribution is 2.35. The van der Waals surface area contributed by atoms with Gasteiger partial charge < -0.3 is 20.3 Å². The number of likely N-dealkylation sites (tertiary alicyclic amines) is 1. The molecule has 9 heteroatoms. The van der Waals surface area contributed by atoms with Crippen molar-refractivity contribution in [2.75, 3.05) is 19.7 Å². The van der Waals surface area contributed by atoms with Crippen molar-refractivity contribution < 1.29 is 19.1 Å². The number of carbonyl (C=O) groups is 3. The molecule has 3 aliphatic rings. The van der Waals surface area contributed by atoms with Gasteiger partial charge in [0.25, 0.3) is 5.91 Å². The highest BCUT2D eigenvalue weighted by molar-refractivity contribution is 5.92. The van der Waals surface area contributed by atoms with Crippen molar-refractivity contribution in [1.29, 1.82) is 0 Å². The molecule has 2 atom stereocenters. The van der Waals surface area contributed by atoms with Gasteiger partial charge in [-0.1, -0.05) is 0 Å². The highest BCUT2D eigenvalue weighted by Gasteiger charge is 2.51. The Morgan fingerprint density at radius 3 is 2.92 bits per heavy atom. The second-order valence-corrected chi connectivity index (χ2v) is 7.22. The zero-order chi connectivity index (χ0) is 18.1. The number of nitrogens with one attached hydrogen (secondary N) is 2. The Morgan fingerprint density at radius 1 is 1.38 bits per heavy atom. The third-order valence-electron chi connectivity index (χ3n) is 5.12. The Balaban J connectivity index is 1.24. The first-order valence-electron chi connectivity index (χ1n) is 8.81. The normalized spacial score (nSPS) is 26.5. The van der Waals surface area contributed by atoms with Crippen LogP contribution in [0, 0.1) is 0 Å². The summed E-state index contributed by atoms with van der Waals surface area (Å²) in [5, 5.41) is 5.77. The number of amides is 3. The SMILES string of the molecule is O=C1CCC(CC(=O)NC2COC3(C2)CN(C(=O)c2cnccn2)C3)N1. The van der Waals surface area contributed by atoms with Gasteiger partial charge in [0.2, 0.25) is 11.8 Å². The Labute approximate surface area is 150 Å². The lowest BCUT2D eigenvalue weighted by Gasteiger charge is -2.46. The van der Waals surface area contributed by atoms with Crippen LogP contribution >= 0.6 is 0 Å². The first kappa shape index (κ1) is 16.9. The third-order valence-corrected chi connectivity index (χ3v) is 5.12. The Morgan fingerprint density at radius 2 is 2.23 bits per heavy atom. The van der Waals surface area contributed by atoms with Crippen LogP contribution in [0.2, 0.25) is 0 Å². The van der Waals surface area contributed by atoms with Gasteiger partial charge in [0.1, 0.15) is 11.3 Å². The second-order valence-electron chi connectivity index (χ2n) is 7.22. The molecule has 0 aliphatic carbocycles. The average Bonchev–Trinajstić information content (AvgIpc) is 3.20. The molecule has 9 nitrogen and oxygen atoms in total. The maximum atomic E-state index is 12.3. The second kappa shape index (κ2) is 6.64. The number of ether oxygens (including phenoxy) is 1. The lowest BCUT2D eigenvalue weighted by Crippen LogP contribution is -2.63. The fourth-order valence-electron chi connectivity index (χ4n) is 3.86. The number of hydrogen-bond acceptors (Lipinski definition) is 6. The molecule has 2 N–H and O–H groups in total. The minimum Gasteiger partial charge on any atom is -0.369 e. The Kier molecular flexibility index (Phi) is 4.31. The Bertz CT molecular complexity index is 719. The van der Waals surface area contributed by atoms with Gasteiger partial charge in [-0.05, 0) is 6.42 Å². The number of aromatic nitrogens is 2. The van der Waals surface area contributed by atoms with E-state index in [4.69, 9.17) is 4.74 Å². The van der Waals surface area contributed by atoms with Crippen molar-refractivity contribution in [1.82, 2.24) is 25.5 Å². The molecule has 0 aromatic carbocycles. The molecule has 0 radical (unpaired) electrons. The van der Waals surface area contributed by atoms with Crippen LogP contribution in [0.25, 0.3) is 0 Å². The smallest absolute Gasteiger partial charge is 0.274 e. The first-order valence-corrected chi connectivity index (χ1v) is 8.81. The minimum absolute atomic E-state index is 0.00767. The number of carbonyl (C=O) groups excluding carboxylic acids is 3. The first-order chi connectivity index (χ1) is 12.5. The van der Waals surface area contributed by atoms with Crippen LogP contribution in [0.5, 0.6) is 0 Å². The molecule has 4 heterocycles. The molecule has 3 fully saturated rings. The quantitative estimate of drug-likeness (QED) is 0.731. The summed E-state index contributed by atoms with van der Waals surface area (Å²) in [6, 6.07) is -0.129. The van der Waals surface area contributed by atoms with E-state index in [1.54, 1.807) is 4.90 Å². The molecule has 1 spiro atoms. The molecule has 3 aliphatic heterocycles. The van der Waals surface area contributed by atoms with Crippen molar-refractivity contribution in [2.24, 2.45) is 0 Å².